The highest BCUT2D eigenvalue weighted by atomic mass is 16.5. The molecule has 6 nitrogen and oxygen atoms in total. The van der Waals surface area contributed by atoms with Gasteiger partial charge in [0.25, 0.3) is 5.91 Å². The van der Waals surface area contributed by atoms with Crippen molar-refractivity contribution in [2.45, 2.75) is 19.9 Å². The van der Waals surface area contributed by atoms with Crippen LogP contribution in [0.5, 0.6) is 5.75 Å². The fraction of sp³-hybridized carbons (Fsp3) is 0.185. The van der Waals surface area contributed by atoms with Gasteiger partial charge in [0.15, 0.2) is 0 Å². The number of para-hydroxylation sites is 2. The van der Waals surface area contributed by atoms with Crippen LogP contribution in [0.1, 0.15) is 35.8 Å². The molecule has 1 atom stereocenters. The van der Waals surface area contributed by atoms with Crippen molar-refractivity contribution in [1.82, 2.24) is 5.32 Å². The van der Waals surface area contributed by atoms with E-state index in [-0.39, 0.29) is 24.4 Å². The van der Waals surface area contributed by atoms with E-state index in [1.807, 2.05) is 56.3 Å². The second-order valence-corrected chi connectivity index (χ2v) is 7.83. The van der Waals surface area contributed by atoms with Gasteiger partial charge in [-0.15, -0.1) is 0 Å². The third-order valence-corrected chi connectivity index (χ3v) is 4.88. The Morgan fingerprint density at radius 2 is 1.61 bits per heavy atom. The smallest absolute Gasteiger partial charge is 0.251 e. The standard InChI is InChI=1S/C27H29N3O3/c1-19(2)18-33-25-12-8-7-11-24(25)30-26(31)17-28-23-15-13-22(14-16-23)27(32)29-20(3)21-9-5-4-6-10-21/h4-16,20,28H,1,17-18H2,2-3H3,(H,29,32)(H,30,31). The summed E-state index contributed by atoms with van der Waals surface area (Å²) in [6.07, 6.45) is 0. The zero-order valence-corrected chi connectivity index (χ0v) is 18.9. The predicted molar refractivity (Wildman–Crippen MR) is 133 cm³/mol. The minimum atomic E-state index is -0.208. The summed E-state index contributed by atoms with van der Waals surface area (Å²) in [6, 6.07) is 24.0. The molecule has 1 unspecified atom stereocenters. The van der Waals surface area contributed by atoms with Crippen molar-refractivity contribution in [2.24, 2.45) is 0 Å². The number of rotatable bonds is 10. The van der Waals surface area contributed by atoms with Crippen LogP contribution in [0.15, 0.2) is 91.0 Å². The number of ether oxygens (including phenoxy) is 1. The Morgan fingerprint density at radius 1 is 0.939 bits per heavy atom. The van der Waals surface area contributed by atoms with E-state index in [1.165, 1.54) is 0 Å². The maximum Gasteiger partial charge on any atom is 0.251 e. The van der Waals surface area contributed by atoms with E-state index < -0.39 is 0 Å². The average molecular weight is 444 g/mol. The van der Waals surface area contributed by atoms with E-state index in [1.54, 1.807) is 36.4 Å². The molecule has 170 valence electrons. The monoisotopic (exact) mass is 443 g/mol. The van der Waals surface area contributed by atoms with E-state index in [9.17, 15) is 9.59 Å². The first-order chi connectivity index (χ1) is 15.9. The second-order valence-electron chi connectivity index (χ2n) is 7.83. The summed E-state index contributed by atoms with van der Waals surface area (Å²) in [5.74, 6) is 0.232. The van der Waals surface area contributed by atoms with Gasteiger partial charge >= 0.3 is 0 Å². The van der Waals surface area contributed by atoms with Gasteiger partial charge in [0, 0.05) is 11.3 Å². The first-order valence-electron chi connectivity index (χ1n) is 10.8. The molecule has 0 radical (unpaired) electrons. The molecule has 6 heteroatoms. The van der Waals surface area contributed by atoms with Gasteiger partial charge in [-0.2, -0.15) is 0 Å². The zero-order valence-electron chi connectivity index (χ0n) is 18.9. The van der Waals surface area contributed by atoms with Gasteiger partial charge in [-0.3, -0.25) is 9.59 Å². The van der Waals surface area contributed by atoms with Crippen LogP contribution in [0.2, 0.25) is 0 Å². The molecule has 3 N–H and O–H groups in total. The quantitative estimate of drug-likeness (QED) is 0.377. The molecule has 0 saturated heterocycles. The lowest BCUT2D eigenvalue weighted by Gasteiger charge is -2.15. The van der Waals surface area contributed by atoms with Gasteiger partial charge in [-0.05, 0) is 61.4 Å². The molecule has 0 aliphatic carbocycles. The summed E-state index contributed by atoms with van der Waals surface area (Å²) in [7, 11) is 0. The molecule has 2 amide bonds. The Kier molecular flexibility index (Phi) is 8.24. The largest absolute Gasteiger partial charge is 0.487 e. The SMILES string of the molecule is C=C(C)COc1ccccc1NC(=O)CNc1ccc(C(=O)NC(C)c2ccccc2)cc1. The molecule has 3 rings (SSSR count). The Bertz CT molecular complexity index is 1100. The topological polar surface area (TPSA) is 79.5 Å². The van der Waals surface area contributed by atoms with E-state index in [4.69, 9.17) is 4.74 Å². The molecule has 0 fully saturated rings. The number of carbonyl (C=O) groups excluding carboxylic acids is 2. The average Bonchev–Trinajstić information content (AvgIpc) is 2.83. The molecule has 0 heterocycles. The molecule has 0 aliphatic rings. The van der Waals surface area contributed by atoms with E-state index in [0.29, 0.717) is 23.6 Å². The maximum atomic E-state index is 12.5. The Hall–Kier alpha value is -4.06. The lowest BCUT2D eigenvalue weighted by Crippen LogP contribution is -2.26. The zero-order chi connectivity index (χ0) is 23.6. The highest BCUT2D eigenvalue weighted by Crippen LogP contribution is 2.24. The maximum absolute atomic E-state index is 12.5. The lowest BCUT2D eigenvalue weighted by molar-refractivity contribution is -0.114. The fourth-order valence-electron chi connectivity index (χ4n) is 3.12. The minimum absolute atomic E-state index is 0.0748. The van der Waals surface area contributed by atoms with Crippen molar-refractivity contribution in [3.63, 3.8) is 0 Å². The number of anilines is 2. The van der Waals surface area contributed by atoms with Crippen LogP contribution in [0.3, 0.4) is 0 Å². The lowest BCUT2D eigenvalue weighted by atomic mass is 10.1. The van der Waals surface area contributed by atoms with E-state index in [0.717, 1.165) is 16.8 Å². The van der Waals surface area contributed by atoms with E-state index in [2.05, 4.69) is 22.5 Å². The molecule has 33 heavy (non-hydrogen) atoms. The molecule has 0 spiro atoms. The van der Waals surface area contributed by atoms with Crippen LogP contribution in [0.25, 0.3) is 0 Å². The number of amides is 2. The molecule has 0 aromatic heterocycles. The summed E-state index contributed by atoms with van der Waals surface area (Å²) < 4.78 is 5.68. The molecule has 3 aromatic rings. The van der Waals surface area contributed by atoms with Gasteiger partial charge in [0.05, 0.1) is 18.3 Å². The summed E-state index contributed by atoms with van der Waals surface area (Å²) in [4.78, 5) is 24.9. The highest BCUT2D eigenvalue weighted by molar-refractivity contribution is 5.96. The fourth-order valence-corrected chi connectivity index (χ4v) is 3.12. The van der Waals surface area contributed by atoms with Crippen LogP contribution in [-0.4, -0.2) is 25.0 Å². The molecular formula is C27H29N3O3. The molecule has 0 saturated carbocycles. The van der Waals surface area contributed by atoms with Gasteiger partial charge in [0.2, 0.25) is 5.91 Å². The van der Waals surface area contributed by atoms with Crippen molar-refractivity contribution in [3.05, 3.63) is 102 Å². The second kappa shape index (κ2) is 11.5. The van der Waals surface area contributed by atoms with Gasteiger partial charge in [-0.25, -0.2) is 0 Å². The number of hydrogen-bond acceptors (Lipinski definition) is 4. The number of benzene rings is 3. The summed E-state index contributed by atoms with van der Waals surface area (Å²) in [6.45, 7) is 8.11. The molecular weight excluding hydrogens is 414 g/mol. The van der Waals surface area contributed by atoms with Crippen LogP contribution in [0.4, 0.5) is 11.4 Å². The summed E-state index contributed by atoms with van der Waals surface area (Å²) >= 11 is 0. The van der Waals surface area contributed by atoms with E-state index >= 15 is 0 Å². The number of carbonyl (C=O) groups is 2. The summed E-state index contributed by atoms with van der Waals surface area (Å²) in [5.41, 5.74) is 3.83. The van der Waals surface area contributed by atoms with Gasteiger partial charge in [0.1, 0.15) is 12.4 Å². The normalized spacial score (nSPS) is 11.2. The third kappa shape index (κ3) is 7.25. The van der Waals surface area contributed by atoms with Crippen molar-refractivity contribution in [3.8, 4) is 5.75 Å². The van der Waals surface area contributed by atoms with Crippen LogP contribution >= 0.6 is 0 Å². The minimum Gasteiger partial charge on any atom is -0.487 e. The van der Waals surface area contributed by atoms with Crippen LogP contribution in [-0.2, 0) is 4.79 Å². The number of nitrogens with one attached hydrogen (secondary N) is 3. The number of hydrogen-bond donors (Lipinski definition) is 3. The summed E-state index contributed by atoms with van der Waals surface area (Å²) in [5, 5.41) is 8.91. The molecule has 0 aliphatic heterocycles. The van der Waals surface area contributed by atoms with Crippen molar-refractivity contribution >= 4 is 23.2 Å². The van der Waals surface area contributed by atoms with Gasteiger partial charge < -0.3 is 20.7 Å². The van der Waals surface area contributed by atoms with Crippen LogP contribution < -0.4 is 20.7 Å². The third-order valence-electron chi connectivity index (χ3n) is 4.88. The first-order valence-corrected chi connectivity index (χ1v) is 10.8. The van der Waals surface area contributed by atoms with Crippen molar-refractivity contribution in [2.75, 3.05) is 23.8 Å². The van der Waals surface area contributed by atoms with Crippen LogP contribution in [0, 0.1) is 0 Å². The molecule has 3 aromatic carbocycles. The van der Waals surface area contributed by atoms with Crippen molar-refractivity contribution < 1.29 is 14.3 Å². The molecule has 0 bridgehead atoms. The Balaban J connectivity index is 1.51. The Labute approximate surface area is 194 Å². The Morgan fingerprint density at radius 3 is 2.30 bits per heavy atom. The highest BCUT2D eigenvalue weighted by Gasteiger charge is 2.12. The van der Waals surface area contributed by atoms with Crippen molar-refractivity contribution in [1.29, 1.82) is 0 Å². The van der Waals surface area contributed by atoms with Gasteiger partial charge in [-0.1, -0.05) is 49.0 Å². The first kappa shape index (κ1) is 23.6. The predicted octanol–water partition coefficient (Wildman–Crippen LogP) is 5.18.